The third-order valence-electron chi connectivity index (χ3n) is 9.71. The first-order valence-corrected chi connectivity index (χ1v) is 17.4. The minimum atomic E-state index is -1.03. The van der Waals surface area contributed by atoms with Crippen LogP contribution in [0.2, 0.25) is 0 Å². The Hall–Kier alpha value is -5.20. The maximum Gasteiger partial charge on any atom is 0.407 e. The van der Waals surface area contributed by atoms with Crippen molar-refractivity contribution in [1.82, 2.24) is 30.2 Å². The van der Waals surface area contributed by atoms with Crippen molar-refractivity contribution in [2.45, 2.75) is 76.4 Å². The number of nitrogens with zero attached hydrogens (tertiary/aromatic N) is 4. The van der Waals surface area contributed by atoms with E-state index in [1.165, 1.54) is 9.58 Å². The Kier molecular flexibility index (Phi) is 12.2. The summed E-state index contributed by atoms with van der Waals surface area (Å²) in [6.45, 7) is 2.32. The number of hydrogen-bond acceptors (Lipinski definition) is 6. The molecule has 2 heterocycles. The first-order valence-electron chi connectivity index (χ1n) is 17.4. The summed E-state index contributed by atoms with van der Waals surface area (Å²) in [7, 11) is 1.68. The van der Waals surface area contributed by atoms with E-state index in [9.17, 15) is 29.1 Å². The van der Waals surface area contributed by atoms with E-state index in [1.54, 1.807) is 55.4 Å². The summed E-state index contributed by atoms with van der Waals surface area (Å²) >= 11 is 0. The molecule has 4 N–H and O–H groups in total. The molecule has 0 spiro atoms. The van der Waals surface area contributed by atoms with Crippen LogP contribution in [0.5, 0.6) is 0 Å². The van der Waals surface area contributed by atoms with Crippen molar-refractivity contribution < 1.29 is 29.1 Å². The summed E-state index contributed by atoms with van der Waals surface area (Å²) < 4.78 is 1.48. The largest absolute Gasteiger partial charge is 0.465 e. The lowest BCUT2D eigenvalue weighted by Gasteiger charge is -2.41. The van der Waals surface area contributed by atoms with E-state index in [2.05, 4.69) is 21.0 Å². The molecular formula is C37H47N7O6. The zero-order chi connectivity index (χ0) is 35.6. The van der Waals surface area contributed by atoms with E-state index in [4.69, 9.17) is 0 Å². The zero-order valence-corrected chi connectivity index (χ0v) is 28.7. The highest BCUT2D eigenvalue weighted by molar-refractivity contribution is 6.00. The van der Waals surface area contributed by atoms with Gasteiger partial charge >= 0.3 is 6.09 Å². The molecule has 1 aliphatic carbocycles. The number of hydrogen-bond donors (Lipinski definition) is 4. The van der Waals surface area contributed by atoms with Crippen LogP contribution in [0.4, 0.5) is 10.5 Å². The summed E-state index contributed by atoms with van der Waals surface area (Å²) in [6.07, 6.45) is 6.21. The van der Waals surface area contributed by atoms with Gasteiger partial charge in [-0.25, -0.2) is 4.79 Å². The van der Waals surface area contributed by atoms with Crippen molar-refractivity contribution >= 4 is 35.4 Å². The number of nitrogens with one attached hydrogen (secondary N) is 3. The maximum absolute atomic E-state index is 13.9. The molecule has 0 bridgehead atoms. The molecule has 13 heteroatoms. The Morgan fingerprint density at radius 1 is 0.900 bits per heavy atom. The number of benzene rings is 2. The monoisotopic (exact) mass is 685 g/mol. The number of piperazine rings is 1. The highest BCUT2D eigenvalue weighted by Crippen LogP contribution is 2.28. The third kappa shape index (κ3) is 9.27. The molecule has 5 rings (SSSR count). The van der Waals surface area contributed by atoms with Gasteiger partial charge in [-0.3, -0.25) is 23.9 Å². The molecule has 13 nitrogen and oxygen atoms in total. The van der Waals surface area contributed by atoms with E-state index in [0.29, 0.717) is 17.8 Å². The lowest BCUT2D eigenvalue weighted by molar-refractivity contribution is -0.138. The highest BCUT2D eigenvalue weighted by atomic mass is 16.4. The Balaban J connectivity index is 1.26. The van der Waals surface area contributed by atoms with Crippen LogP contribution in [0.15, 0.2) is 66.9 Å². The number of rotatable bonds is 12. The number of aromatic nitrogens is 2. The fourth-order valence-corrected chi connectivity index (χ4v) is 6.94. The SMILES string of the molecule is CCC(=O)NC(Cc1ccc(NC(=O)C(NC(=O)c2ccnn2C)C2CCCCC2)cc1)C(=O)N1CCN(C(=O)O)[C@H](Cc2ccccc2)C1. The lowest BCUT2D eigenvalue weighted by Crippen LogP contribution is -2.60. The van der Waals surface area contributed by atoms with Gasteiger partial charge in [-0.1, -0.05) is 68.7 Å². The van der Waals surface area contributed by atoms with Crippen molar-refractivity contribution in [3.8, 4) is 0 Å². The summed E-state index contributed by atoms with van der Waals surface area (Å²) in [5, 5.41) is 22.7. The van der Waals surface area contributed by atoms with Crippen LogP contribution < -0.4 is 16.0 Å². The predicted octanol–water partition coefficient (Wildman–Crippen LogP) is 3.61. The van der Waals surface area contributed by atoms with Crippen LogP contribution in [0, 0.1) is 5.92 Å². The Morgan fingerprint density at radius 2 is 1.62 bits per heavy atom. The van der Waals surface area contributed by atoms with Gasteiger partial charge < -0.3 is 30.9 Å². The molecule has 1 aromatic heterocycles. The van der Waals surface area contributed by atoms with Gasteiger partial charge in [0.1, 0.15) is 17.8 Å². The van der Waals surface area contributed by atoms with Gasteiger partial charge in [-0.2, -0.15) is 5.10 Å². The number of carbonyl (C=O) groups excluding carboxylic acids is 4. The van der Waals surface area contributed by atoms with Gasteiger partial charge in [0.05, 0.1) is 6.04 Å². The molecule has 3 aromatic rings. The van der Waals surface area contributed by atoms with Gasteiger partial charge in [0.15, 0.2) is 0 Å². The molecule has 2 aliphatic rings. The first-order chi connectivity index (χ1) is 24.1. The second kappa shape index (κ2) is 17.0. The zero-order valence-electron chi connectivity index (χ0n) is 28.7. The van der Waals surface area contributed by atoms with Crippen LogP contribution in [0.3, 0.4) is 0 Å². The topological polar surface area (TPSA) is 166 Å². The van der Waals surface area contributed by atoms with Crippen LogP contribution in [-0.4, -0.2) is 92.2 Å². The van der Waals surface area contributed by atoms with Crippen LogP contribution >= 0.6 is 0 Å². The molecule has 5 amide bonds. The second-order valence-corrected chi connectivity index (χ2v) is 13.2. The smallest absolute Gasteiger partial charge is 0.407 e. The van der Waals surface area contributed by atoms with Crippen molar-refractivity contribution in [2.24, 2.45) is 13.0 Å². The van der Waals surface area contributed by atoms with E-state index in [-0.39, 0.29) is 62.0 Å². The molecule has 3 atom stereocenters. The minimum Gasteiger partial charge on any atom is -0.465 e. The number of carbonyl (C=O) groups is 5. The molecule has 0 radical (unpaired) electrons. The molecule has 1 saturated heterocycles. The van der Waals surface area contributed by atoms with E-state index < -0.39 is 24.2 Å². The number of aryl methyl sites for hydroxylation is 1. The third-order valence-corrected chi connectivity index (χ3v) is 9.71. The average Bonchev–Trinajstić information content (AvgIpc) is 3.57. The molecular weight excluding hydrogens is 638 g/mol. The quantitative estimate of drug-likeness (QED) is 0.226. The maximum atomic E-state index is 13.9. The van der Waals surface area contributed by atoms with Gasteiger partial charge in [-0.05, 0) is 54.5 Å². The van der Waals surface area contributed by atoms with Crippen molar-refractivity contribution in [1.29, 1.82) is 0 Å². The number of amides is 5. The first kappa shape index (κ1) is 36.1. The van der Waals surface area contributed by atoms with Crippen LogP contribution in [-0.2, 0) is 34.3 Å². The average molecular weight is 686 g/mol. The minimum absolute atomic E-state index is 0.0128. The van der Waals surface area contributed by atoms with Gasteiger partial charge in [0, 0.05) is 51.4 Å². The van der Waals surface area contributed by atoms with Crippen LogP contribution in [0.25, 0.3) is 0 Å². The predicted molar refractivity (Wildman–Crippen MR) is 187 cm³/mol. The summed E-state index contributed by atoms with van der Waals surface area (Å²) in [5.41, 5.74) is 2.67. The van der Waals surface area contributed by atoms with E-state index in [0.717, 1.165) is 43.2 Å². The van der Waals surface area contributed by atoms with Crippen LogP contribution in [0.1, 0.15) is 67.1 Å². The Bertz CT molecular complexity index is 1640. The Labute approximate surface area is 292 Å². The fourth-order valence-electron chi connectivity index (χ4n) is 6.94. The van der Waals surface area contributed by atoms with Gasteiger partial charge in [-0.15, -0.1) is 0 Å². The van der Waals surface area contributed by atoms with Crippen molar-refractivity contribution in [2.75, 3.05) is 25.0 Å². The lowest BCUT2D eigenvalue weighted by atomic mass is 9.83. The van der Waals surface area contributed by atoms with E-state index in [1.807, 2.05) is 30.3 Å². The van der Waals surface area contributed by atoms with Gasteiger partial charge in [0.2, 0.25) is 17.7 Å². The molecule has 2 aromatic carbocycles. The highest BCUT2D eigenvalue weighted by Gasteiger charge is 2.36. The van der Waals surface area contributed by atoms with Gasteiger partial charge in [0.25, 0.3) is 5.91 Å². The summed E-state index contributed by atoms with van der Waals surface area (Å²) in [6, 6.07) is 16.3. The molecule has 50 heavy (non-hydrogen) atoms. The normalized spacial score (nSPS) is 17.8. The molecule has 1 saturated carbocycles. The summed E-state index contributed by atoms with van der Waals surface area (Å²) in [5.74, 6) is -1.18. The molecule has 1 aliphatic heterocycles. The Morgan fingerprint density at radius 3 is 2.26 bits per heavy atom. The number of anilines is 1. The van der Waals surface area contributed by atoms with Crippen molar-refractivity contribution in [3.63, 3.8) is 0 Å². The van der Waals surface area contributed by atoms with Crippen molar-refractivity contribution in [3.05, 3.63) is 83.7 Å². The molecule has 2 unspecified atom stereocenters. The second-order valence-electron chi connectivity index (χ2n) is 13.2. The number of carboxylic acid groups (broad SMARTS) is 1. The fraction of sp³-hybridized carbons (Fsp3) is 0.459. The summed E-state index contributed by atoms with van der Waals surface area (Å²) in [4.78, 5) is 68.2. The molecule has 266 valence electrons. The molecule has 2 fully saturated rings. The standard InChI is InChI=1S/C37H47N7O6/c1-3-32(45)40-30(36(48)43-20-21-44(37(49)50)29(24-43)22-25-10-6-4-7-11-25)23-26-14-16-28(17-15-26)39-35(47)33(27-12-8-5-9-13-27)41-34(46)31-18-19-38-42(31)2/h4,6-7,10-11,14-19,27,29-30,33H,3,5,8-9,12-13,20-24H2,1-2H3,(H,39,47)(H,40,45)(H,41,46)(H,49,50)/t29-,30?,33?/m1/s1. The van der Waals surface area contributed by atoms with E-state index >= 15 is 0 Å².